The molecule has 0 atom stereocenters. The predicted octanol–water partition coefficient (Wildman–Crippen LogP) is 15.6. The fourth-order valence-corrected chi connectivity index (χ4v) is 9.54. The summed E-state index contributed by atoms with van der Waals surface area (Å²) in [6.07, 6.45) is 0. The Hall–Kier alpha value is -7.20. The smallest absolute Gasteiger partial charge is 0.0541 e. The monoisotopic (exact) mass is 744 g/mol. The van der Waals surface area contributed by atoms with Crippen LogP contribution < -0.4 is 4.90 Å². The fraction of sp³-hybridized carbons (Fsp3) is 0. The molecule has 2 heterocycles. The van der Waals surface area contributed by atoms with Crippen LogP contribution >= 0.6 is 11.3 Å². The van der Waals surface area contributed by atoms with Gasteiger partial charge >= 0.3 is 0 Å². The van der Waals surface area contributed by atoms with Gasteiger partial charge in [0, 0.05) is 53.7 Å². The first-order valence-electron chi connectivity index (χ1n) is 19.4. The Labute approximate surface area is 335 Å². The van der Waals surface area contributed by atoms with E-state index in [0.717, 1.165) is 22.7 Å². The predicted molar refractivity (Wildman–Crippen MR) is 245 cm³/mol. The van der Waals surface area contributed by atoms with Crippen LogP contribution in [0.4, 0.5) is 17.1 Å². The molecule has 0 bridgehead atoms. The van der Waals surface area contributed by atoms with Gasteiger partial charge in [-0.05, 0) is 106 Å². The minimum atomic E-state index is 1.10. The Balaban J connectivity index is 0.968. The molecule has 0 N–H and O–H groups in total. The molecule has 0 saturated heterocycles. The molecular formula is C54H36N2S. The highest BCUT2D eigenvalue weighted by Gasteiger charge is 2.16. The number of aromatic nitrogens is 1. The van der Waals surface area contributed by atoms with Gasteiger partial charge in [0.1, 0.15) is 0 Å². The summed E-state index contributed by atoms with van der Waals surface area (Å²) in [6.45, 7) is 0. The van der Waals surface area contributed by atoms with E-state index < -0.39 is 0 Å². The van der Waals surface area contributed by atoms with Gasteiger partial charge < -0.3 is 9.47 Å². The van der Waals surface area contributed by atoms with Crippen molar-refractivity contribution < 1.29 is 0 Å². The highest BCUT2D eigenvalue weighted by atomic mass is 32.1. The molecule has 0 spiro atoms. The SMILES string of the molecule is c1ccc(-c2ccc(-c3ccc(N(c4ccc(-c5ccc6c(c5)sc5ccccc56)cc4)c4ccc(-n5c6ccccc6c6ccccc65)cc4)cc3)cc2)cc1. The number of fused-ring (bicyclic) bond motifs is 6. The van der Waals surface area contributed by atoms with Crippen LogP contribution in [0.15, 0.2) is 218 Å². The van der Waals surface area contributed by atoms with Gasteiger partial charge in [-0.25, -0.2) is 0 Å². The Morgan fingerprint density at radius 2 is 0.702 bits per heavy atom. The second-order valence-electron chi connectivity index (χ2n) is 14.6. The van der Waals surface area contributed by atoms with E-state index in [1.54, 1.807) is 0 Å². The van der Waals surface area contributed by atoms with Crippen molar-refractivity contribution in [2.24, 2.45) is 0 Å². The average Bonchev–Trinajstić information content (AvgIpc) is 3.83. The zero-order chi connectivity index (χ0) is 37.7. The molecule has 0 unspecified atom stereocenters. The van der Waals surface area contributed by atoms with E-state index in [-0.39, 0.29) is 0 Å². The lowest BCUT2D eigenvalue weighted by atomic mass is 10.00. The van der Waals surface area contributed by atoms with Crippen LogP contribution in [0.1, 0.15) is 0 Å². The van der Waals surface area contributed by atoms with Crippen molar-refractivity contribution in [3.8, 4) is 39.1 Å². The number of rotatable bonds is 7. The average molecular weight is 745 g/mol. The van der Waals surface area contributed by atoms with Crippen LogP contribution in [-0.4, -0.2) is 4.57 Å². The third-order valence-corrected chi connectivity index (χ3v) is 12.4. The van der Waals surface area contributed by atoms with Crippen molar-refractivity contribution in [2.45, 2.75) is 0 Å². The number of anilines is 3. The van der Waals surface area contributed by atoms with Gasteiger partial charge in [-0.15, -0.1) is 11.3 Å². The summed E-state index contributed by atoms with van der Waals surface area (Å²) in [5, 5.41) is 5.18. The van der Waals surface area contributed by atoms with E-state index in [4.69, 9.17) is 0 Å². The molecule has 9 aromatic carbocycles. The van der Waals surface area contributed by atoms with Crippen LogP contribution in [-0.2, 0) is 0 Å². The third kappa shape index (κ3) is 5.88. The molecule has 3 heteroatoms. The molecule has 11 aromatic rings. The van der Waals surface area contributed by atoms with Crippen LogP contribution in [0.3, 0.4) is 0 Å². The van der Waals surface area contributed by atoms with Crippen molar-refractivity contribution >= 4 is 70.4 Å². The molecule has 0 fully saturated rings. The third-order valence-electron chi connectivity index (χ3n) is 11.2. The van der Waals surface area contributed by atoms with E-state index in [1.807, 2.05) is 11.3 Å². The molecule has 57 heavy (non-hydrogen) atoms. The lowest BCUT2D eigenvalue weighted by Crippen LogP contribution is -2.10. The number of hydrogen-bond donors (Lipinski definition) is 0. The summed E-state index contributed by atoms with van der Waals surface area (Å²) in [4.78, 5) is 2.36. The second kappa shape index (κ2) is 13.8. The topological polar surface area (TPSA) is 8.17 Å². The molecule has 0 aliphatic heterocycles. The van der Waals surface area contributed by atoms with Crippen LogP contribution in [0.2, 0.25) is 0 Å². The summed E-state index contributed by atoms with van der Waals surface area (Å²) >= 11 is 1.86. The fourth-order valence-electron chi connectivity index (χ4n) is 8.40. The van der Waals surface area contributed by atoms with Gasteiger partial charge in [0.05, 0.1) is 11.0 Å². The van der Waals surface area contributed by atoms with Gasteiger partial charge in [-0.3, -0.25) is 0 Å². The molecular weight excluding hydrogens is 709 g/mol. The maximum absolute atomic E-state index is 2.37. The molecule has 0 radical (unpaired) electrons. The van der Waals surface area contributed by atoms with E-state index in [2.05, 4.69) is 228 Å². The van der Waals surface area contributed by atoms with Gasteiger partial charge in [-0.2, -0.15) is 0 Å². The van der Waals surface area contributed by atoms with Crippen LogP contribution in [0.25, 0.3) is 81.0 Å². The molecule has 0 amide bonds. The van der Waals surface area contributed by atoms with Gasteiger partial charge in [-0.1, -0.05) is 146 Å². The van der Waals surface area contributed by atoms with Crippen LogP contribution in [0, 0.1) is 0 Å². The first-order valence-corrected chi connectivity index (χ1v) is 20.2. The number of hydrogen-bond acceptors (Lipinski definition) is 2. The highest BCUT2D eigenvalue weighted by molar-refractivity contribution is 7.25. The minimum Gasteiger partial charge on any atom is -0.311 e. The summed E-state index contributed by atoms with van der Waals surface area (Å²) in [7, 11) is 0. The Kier molecular flexibility index (Phi) is 8.04. The maximum atomic E-state index is 2.37. The second-order valence-corrected chi connectivity index (χ2v) is 15.7. The zero-order valence-electron chi connectivity index (χ0n) is 31.1. The molecule has 268 valence electrons. The standard InChI is InChI=1S/C54H36N2S/c1-2-10-37(11-3-1)38-18-20-39(21-19-38)40-22-27-43(28-23-40)55(44-29-24-41(25-30-44)42-26-35-50-49-14-6-9-17-53(49)57-54(50)36-42)45-31-33-46(34-32-45)56-51-15-7-4-12-47(51)48-13-5-8-16-52(48)56/h1-36H. The van der Waals surface area contributed by atoms with Crippen molar-refractivity contribution in [1.29, 1.82) is 0 Å². The molecule has 11 rings (SSSR count). The van der Waals surface area contributed by atoms with Gasteiger partial charge in [0.15, 0.2) is 0 Å². The number of benzene rings is 9. The summed E-state index contributed by atoms with van der Waals surface area (Å²) in [5.41, 5.74) is 14.1. The first kappa shape index (κ1) is 33.2. The summed E-state index contributed by atoms with van der Waals surface area (Å²) in [5.74, 6) is 0. The maximum Gasteiger partial charge on any atom is 0.0541 e. The number of nitrogens with zero attached hydrogens (tertiary/aromatic N) is 2. The Morgan fingerprint density at radius 3 is 1.28 bits per heavy atom. The normalized spacial score (nSPS) is 11.5. The van der Waals surface area contributed by atoms with E-state index in [1.165, 1.54) is 75.4 Å². The highest BCUT2D eigenvalue weighted by Crippen LogP contribution is 2.40. The molecule has 0 saturated carbocycles. The largest absolute Gasteiger partial charge is 0.311 e. The van der Waals surface area contributed by atoms with Gasteiger partial charge in [0.25, 0.3) is 0 Å². The molecule has 2 nitrogen and oxygen atoms in total. The molecule has 0 aliphatic carbocycles. The Morgan fingerprint density at radius 1 is 0.298 bits per heavy atom. The summed E-state index contributed by atoms with van der Waals surface area (Å²) < 4.78 is 5.02. The quantitative estimate of drug-likeness (QED) is 0.158. The van der Waals surface area contributed by atoms with E-state index >= 15 is 0 Å². The Bertz CT molecular complexity index is 3140. The summed E-state index contributed by atoms with van der Waals surface area (Å²) in [6, 6.07) is 79.3. The lowest BCUT2D eigenvalue weighted by Gasteiger charge is -2.26. The van der Waals surface area contributed by atoms with Gasteiger partial charge in [0.2, 0.25) is 0 Å². The van der Waals surface area contributed by atoms with Crippen molar-refractivity contribution in [1.82, 2.24) is 4.57 Å². The van der Waals surface area contributed by atoms with E-state index in [9.17, 15) is 0 Å². The first-order chi connectivity index (χ1) is 28.2. The van der Waals surface area contributed by atoms with Crippen molar-refractivity contribution in [3.63, 3.8) is 0 Å². The van der Waals surface area contributed by atoms with Crippen molar-refractivity contribution in [3.05, 3.63) is 218 Å². The number of para-hydroxylation sites is 2. The lowest BCUT2D eigenvalue weighted by molar-refractivity contribution is 1.17. The van der Waals surface area contributed by atoms with Crippen molar-refractivity contribution in [2.75, 3.05) is 4.90 Å². The zero-order valence-corrected chi connectivity index (χ0v) is 31.9. The van der Waals surface area contributed by atoms with E-state index in [0.29, 0.717) is 0 Å². The number of thiophene rings is 1. The minimum absolute atomic E-state index is 1.10. The van der Waals surface area contributed by atoms with Crippen LogP contribution in [0.5, 0.6) is 0 Å². The molecule has 2 aromatic heterocycles. The molecule has 0 aliphatic rings.